The first-order valence-corrected chi connectivity index (χ1v) is 6.06. The molecule has 0 atom stereocenters. The van der Waals surface area contributed by atoms with E-state index in [1.807, 2.05) is 0 Å². The Balaban J connectivity index is 3.93. The van der Waals surface area contributed by atoms with E-state index in [4.69, 9.17) is 0 Å². The molecule has 0 rings (SSSR count). The summed E-state index contributed by atoms with van der Waals surface area (Å²) in [6.45, 7) is 3.68. The first-order valence-electron chi connectivity index (χ1n) is 4.45. The molecular formula is C8H18N2O3S. The van der Waals surface area contributed by atoms with Gasteiger partial charge in [-0.2, -0.15) is 0 Å². The summed E-state index contributed by atoms with van der Waals surface area (Å²) >= 11 is 0. The molecule has 0 spiro atoms. The Hall–Kier alpha value is -0.620. The Bertz CT molecular complexity index is 283. The molecule has 0 fully saturated rings. The Morgan fingerprint density at radius 2 is 1.86 bits per heavy atom. The van der Waals surface area contributed by atoms with Crippen molar-refractivity contribution in [1.82, 2.24) is 9.62 Å². The molecule has 0 unspecified atom stereocenters. The molecule has 0 aromatic heterocycles. The number of nitrogens with zero attached hydrogens (tertiary/aromatic N) is 1. The van der Waals surface area contributed by atoms with Crippen LogP contribution in [0.15, 0.2) is 0 Å². The van der Waals surface area contributed by atoms with Gasteiger partial charge in [0, 0.05) is 26.6 Å². The smallest absolute Gasteiger partial charge is 0.222 e. The Morgan fingerprint density at radius 1 is 1.36 bits per heavy atom. The predicted octanol–water partition coefficient (Wildman–Crippen LogP) is -0.350. The summed E-state index contributed by atoms with van der Waals surface area (Å²) in [5.41, 5.74) is 0. The van der Waals surface area contributed by atoms with Crippen molar-refractivity contribution in [2.75, 3.05) is 26.4 Å². The third-order valence-corrected chi connectivity index (χ3v) is 3.57. The highest BCUT2D eigenvalue weighted by molar-refractivity contribution is 7.89. The number of hydrogen-bond acceptors (Lipinski definition) is 3. The normalized spacial score (nSPS) is 12.1. The van der Waals surface area contributed by atoms with Crippen LogP contribution in [0.5, 0.6) is 0 Å². The van der Waals surface area contributed by atoms with Crippen LogP contribution in [0, 0.1) is 5.92 Å². The molecule has 0 aliphatic carbocycles. The molecule has 1 N–H and O–H groups in total. The van der Waals surface area contributed by atoms with E-state index < -0.39 is 10.0 Å². The van der Waals surface area contributed by atoms with Gasteiger partial charge < -0.3 is 5.32 Å². The third kappa shape index (κ3) is 4.57. The standard InChI is InChI=1S/C8H18N2O3S/c1-7(2)8(11)9-5-6-14(12,13)10(3)4/h7H,5-6H2,1-4H3,(H,9,11). The SMILES string of the molecule is CC(C)C(=O)NCCS(=O)(=O)N(C)C. The molecule has 0 aliphatic heterocycles. The molecule has 0 bridgehead atoms. The average molecular weight is 222 g/mol. The molecule has 0 radical (unpaired) electrons. The summed E-state index contributed by atoms with van der Waals surface area (Å²) in [7, 11) is -0.257. The highest BCUT2D eigenvalue weighted by atomic mass is 32.2. The summed E-state index contributed by atoms with van der Waals surface area (Å²) in [5.74, 6) is -0.297. The summed E-state index contributed by atoms with van der Waals surface area (Å²) in [6.07, 6.45) is 0. The molecule has 0 heterocycles. The number of carbonyl (C=O) groups excluding carboxylic acids is 1. The van der Waals surface area contributed by atoms with Crippen LogP contribution in [0.2, 0.25) is 0 Å². The molecule has 0 saturated heterocycles. The van der Waals surface area contributed by atoms with Crippen LogP contribution >= 0.6 is 0 Å². The number of amides is 1. The minimum absolute atomic E-state index is 0.0571. The lowest BCUT2D eigenvalue weighted by atomic mass is 10.2. The highest BCUT2D eigenvalue weighted by Crippen LogP contribution is 1.94. The van der Waals surface area contributed by atoms with Gasteiger partial charge in [0.25, 0.3) is 0 Å². The molecule has 6 heteroatoms. The molecule has 14 heavy (non-hydrogen) atoms. The molecule has 0 aromatic carbocycles. The van der Waals surface area contributed by atoms with Gasteiger partial charge in [0.1, 0.15) is 0 Å². The minimum Gasteiger partial charge on any atom is -0.355 e. The lowest BCUT2D eigenvalue weighted by Gasteiger charge is -2.12. The number of carbonyl (C=O) groups is 1. The Morgan fingerprint density at radius 3 is 2.21 bits per heavy atom. The van der Waals surface area contributed by atoms with Gasteiger partial charge in [-0.3, -0.25) is 4.79 Å². The van der Waals surface area contributed by atoms with E-state index in [1.165, 1.54) is 14.1 Å². The van der Waals surface area contributed by atoms with Gasteiger partial charge in [0.15, 0.2) is 0 Å². The van der Waals surface area contributed by atoms with Crippen molar-refractivity contribution >= 4 is 15.9 Å². The number of nitrogens with one attached hydrogen (secondary N) is 1. The van der Waals surface area contributed by atoms with Gasteiger partial charge in [0.05, 0.1) is 5.75 Å². The average Bonchev–Trinajstić information content (AvgIpc) is 2.03. The Labute approximate surface area is 85.5 Å². The van der Waals surface area contributed by atoms with Crippen molar-refractivity contribution in [3.05, 3.63) is 0 Å². The highest BCUT2D eigenvalue weighted by Gasteiger charge is 2.14. The molecule has 1 amide bonds. The van der Waals surface area contributed by atoms with Crippen LogP contribution in [0.1, 0.15) is 13.8 Å². The second-order valence-corrected chi connectivity index (χ2v) is 5.85. The van der Waals surface area contributed by atoms with Gasteiger partial charge >= 0.3 is 0 Å². The fourth-order valence-corrected chi connectivity index (χ4v) is 1.42. The molecule has 0 saturated carbocycles. The maximum absolute atomic E-state index is 11.3. The zero-order valence-electron chi connectivity index (χ0n) is 9.07. The van der Waals surface area contributed by atoms with Crippen LogP contribution in [-0.4, -0.2) is 45.0 Å². The molecular weight excluding hydrogens is 204 g/mol. The van der Waals surface area contributed by atoms with E-state index in [-0.39, 0.29) is 24.1 Å². The second kappa shape index (κ2) is 5.31. The quantitative estimate of drug-likeness (QED) is 0.691. The molecule has 0 aromatic rings. The molecule has 5 nitrogen and oxygen atoms in total. The summed E-state index contributed by atoms with van der Waals surface area (Å²) < 4.78 is 23.7. The van der Waals surface area contributed by atoms with Gasteiger partial charge in [-0.15, -0.1) is 0 Å². The zero-order chi connectivity index (χ0) is 11.4. The number of rotatable bonds is 5. The maximum atomic E-state index is 11.3. The Kier molecular flexibility index (Phi) is 5.07. The number of sulfonamides is 1. The van der Waals surface area contributed by atoms with Crippen LogP contribution in [0.4, 0.5) is 0 Å². The van der Waals surface area contributed by atoms with Crippen molar-refractivity contribution in [2.45, 2.75) is 13.8 Å². The lowest BCUT2D eigenvalue weighted by Crippen LogP contribution is -2.35. The molecule has 0 aliphatic rings. The van der Waals surface area contributed by atoms with E-state index in [0.29, 0.717) is 0 Å². The van der Waals surface area contributed by atoms with E-state index in [0.717, 1.165) is 4.31 Å². The maximum Gasteiger partial charge on any atom is 0.222 e. The van der Waals surface area contributed by atoms with Crippen molar-refractivity contribution in [3.8, 4) is 0 Å². The van der Waals surface area contributed by atoms with Crippen LogP contribution < -0.4 is 5.32 Å². The zero-order valence-corrected chi connectivity index (χ0v) is 9.89. The van der Waals surface area contributed by atoms with E-state index >= 15 is 0 Å². The van der Waals surface area contributed by atoms with Gasteiger partial charge in [-0.1, -0.05) is 13.8 Å². The lowest BCUT2D eigenvalue weighted by molar-refractivity contribution is -0.123. The van der Waals surface area contributed by atoms with Crippen LogP contribution in [0.25, 0.3) is 0 Å². The molecule has 84 valence electrons. The summed E-state index contributed by atoms with van der Waals surface area (Å²) in [4.78, 5) is 11.1. The first-order chi connectivity index (χ1) is 6.27. The second-order valence-electron chi connectivity index (χ2n) is 3.54. The minimum atomic E-state index is -3.20. The van der Waals surface area contributed by atoms with E-state index in [9.17, 15) is 13.2 Å². The monoisotopic (exact) mass is 222 g/mol. The van der Waals surface area contributed by atoms with E-state index in [1.54, 1.807) is 13.8 Å². The third-order valence-electron chi connectivity index (χ3n) is 1.74. The van der Waals surface area contributed by atoms with Crippen molar-refractivity contribution in [2.24, 2.45) is 5.92 Å². The van der Waals surface area contributed by atoms with Crippen molar-refractivity contribution in [1.29, 1.82) is 0 Å². The summed E-state index contributed by atoms with van der Waals surface area (Å²) in [5, 5.41) is 2.55. The predicted molar refractivity (Wildman–Crippen MR) is 55.3 cm³/mol. The van der Waals surface area contributed by atoms with Gasteiger partial charge in [-0.05, 0) is 0 Å². The summed E-state index contributed by atoms with van der Waals surface area (Å²) in [6, 6.07) is 0. The fraction of sp³-hybridized carbons (Fsp3) is 0.875. The van der Waals surface area contributed by atoms with Crippen molar-refractivity contribution < 1.29 is 13.2 Å². The largest absolute Gasteiger partial charge is 0.355 e. The van der Waals surface area contributed by atoms with Gasteiger partial charge in [0.2, 0.25) is 15.9 Å². The topological polar surface area (TPSA) is 66.5 Å². The van der Waals surface area contributed by atoms with Crippen molar-refractivity contribution in [3.63, 3.8) is 0 Å². The van der Waals surface area contributed by atoms with Crippen LogP contribution in [0.3, 0.4) is 0 Å². The van der Waals surface area contributed by atoms with Crippen LogP contribution in [-0.2, 0) is 14.8 Å². The number of hydrogen-bond donors (Lipinski definition) is 1. The van der Waals surface area contributed by atoms with E-state index in [2.05, 4.69) is 5.32 Å². The fourth-order valence-electron chi connectivity index (χ4n) is 0.690. The first kappa shape index (κ1) is 13.4. The van der Waals surface area contributed by atoms with Gasteiger partial charge in [-0.25, -0.2) is 12.7 Å².